The molecule has 2 aliphatic heterocycles. The molecule has 0 saturated carbocycles. The standard InChI is InChI=1S/C19H18N6O6/c1-4-7-31-13-6-5-10(20-9-12(18(27)29-2)19(28)30-3)8-11(13)15-21-16-14(17(26)22-15)23-25-24-16/h5-6,8-9,12H,4,7H2,1-3H3. The Kier molecular flexibility index (Phi) is 6.70. The number of hydrogen-bond acceptors (Lipinski definition) is 11. The summed E-state index contributed by atoms with van der Waals surface area (Å²) >= 11 is 0. The SMILES string of the molecule is CCCOc1ccc(N=CC(C(=O)OC)C(=O)OC)cc1C1=NC(=O)C2=NN=NC2=N1. The maximum absolute atomic E-state index is 12.2. The van der Waals surface area contributed by atoms with Crippen LogP contribution in [0.2, 0.25) is 0 Å². The van der Waals surface area contributed by atoms with Gasteiger partial charge in [0, 0.05) is 6.21 Å². The van der Waals surface area contributed by atoms with Gasteiger partial charge in [-0.05, 0) is 29.8 Å². The molecule has 0 aliphatic carbocycles. The fraction of sp³-hybridized carbons (Fsp3) is 0.316. The number of hydrogen-bond donors (Lipinski definition) is 0. The minimum absolute atomic E-state index is 0.0343. The fourth-order valence-corrected chi connectivity index (χ4v) is 2.55. The Morgan fingerprint density at radius 1 is 1.13 bits per heavy atom. The van der Waals surface area contributed by atoms with Crippen molar-refractivity contribution < 1.29 is 28.6 Å². The lowest BCUT2D eigenvalue weighted by Crippen LogP contribution is -2.27. The molecule has 160 valence electrons. The molecule has 0 spiro atoms. The summed E-state index contributed by atoms with van der Waals surface area (Å²) in [6.07, 6.45) is 1.86. The molecule has 1 amide bonds. The van der Waals surface area contributed by atoms with E-state index in [2.05, 4.69) is 39.9 Å². The van der Waals surface area contributed by atoms with Gasteiger partial charge >= 0.3 is 17.8 Å². The molecule has 0 aromatic heterocycles. The highest BCUT2D eigenvalue weighted by Gasteiger charge is 2.29. The van der Waals surface area contributed by atoms with Gasteiger partial charge in [0.05, 0.1) is 32.1 Å². The van der Waals surface area contributed by atoms with Gasteiger partial charge in [-0.1, -0.05) is 6.92 Å². The third-order valence-corrected chi connectivity index (χ3v) is 4.07. The molecule has 2 heterocycles. The number of rotatable bonds is 8. The lowest BCUT2D eigenvalue weighted by molar-refractivity contribution is -0.154. The molecule has 0 N–H and O–H groups in total. The smallest absolute Gasteiger partial charge is 0.325 e. The van der Waals surface area contributed by atoms with Crippen molar-refractivity contribution in [1.29, 1.82) is 0 Å². The van der Waals surface area contributed by atoms with E-state index in [0.717, 1.165) is 26.9 Å². The van der Waals surface area contributed by atoms with Gasteiger partial charge in [-0.15, -0.1) is 10.2 Å². The topological polar surface area (TPSA) is 153 Å². The third kappa shape index (κ3) is 4.74. The summed E-state index contributed by atoms with van der Waals surface area (Å²) in [6.45, 7) is 2.37. The number of fused-ring (bicyclic) bond motifs is 1. The number of esters is 2. The molecule has 12 heteroatoms. The van der Waals surface area contributed by atoms with Gasteiger partial charge in [0.15, 0.2) is 11.8 Å². The van der Waals surface area contributed by atoms with E-state index < -0.39 is 23.8 Å². The predicted octanol–water partition coefficient (Wildman–Crippen LogP) is 1.65. The summed E-state index contributed by atoms with van der Waals surface area (Å²) in [4.78, 5) is 48.2. The maximum Gasteiger partial charge on any atom is 0.325 e. The van der Waals surface area contributed by atoms with Gasteiger partial charge in [-0.2, -0.15) is 4.99 Å². The summed E-state index contributed by atoms with van der Waals surface area (Å²) in [5, 5.41) is 10.8. The van der Waals surface area contributed by atoms with E-state index >= 15 is 0 Å². The zero-order valence-corrected chi connectivity index (χ0v) is 16.9. The number of carbonyl (C=O) groups excluding carboxylic acids is 3. The largest absolute Gasteiger partial charge is 0.493 e. The van der Waals surface area contributed by atoms with Crippen LogP contribution in [0.4, 0.5) is 5.69 Å². The third-order valence-electron chi connectivity index (χ3n) is 4.07. The molecule has 1 aromatic rings. The van der Waals surface area contributed by atoms with Crippen molar-refractivity contribution in [2.45, 2.75) is 13.3 Å². The lowest BCUT2D eigenvalue weighted by atomic mass is 10.1. The van der Waals surface area contributed by atoms with E-state index in [4.69, 9.17) is 4.74 Å². The van der Waals surface area contributed by atoms with Crippen molar-refractivity contribution >= 4 is 47.1 Å². The van der Waals surface area contributed by atoms with Crippen LogP contribution in [0, 0.1) is 5.92 Å². The average Bonchev–Trinajstić information content (AvgIpc) is 3.27. The average molecular weight is 426 g/mol. The second-order valence-corrected chi connectivity index (χ2v) is 6.15. The van der Waals surface area contributed by atoms with Crippen LogP contribution >= 0.6 is 0 Å². The Hall–Kier alpha value is -4.09. The quantitative estimate of drug-likeness (QED) is 0.350. The van der Waals surface area contributed by atoms with Crippen LogP contribution in [-0.2, 0) is 23.9 Å². The van der Waals surface area contributed by atoms with Crippen molar-refractivity contribution in [3.8, 4) is 5.75 Å². The lowest BCUT2D eigenvalue weighted by Gasteiger charge is -2.13. The first-order valence-electron chi connectivity index (χ1n) is 9.16. The van der Waals surface area contributed by atoms with E-state index in [0.29, 0.717) is 23.6 Å². The normalized spacial score (nSPS) is 14.8. The molecule has 0 unspecified atom stereocenters. The highest BCUT2D eigenvalue weighted by Crippen LogP contribution is 2.27. The highest BCUT2D eigenvalue weighted by atomic mass is 16.5. The van der Waals surface area contributed by atoms with Crippen molar-refractivity contribution in [1.82, 2.24) is 0 Å². The Balaban J connectivity index is 1.99. The van der Waals surface area contributed by atoms with E-state index in [1.807, 2.05) is 6.92 Å². The van der Waals surface area contributed by atoms with Gasteiger partial charge in [0.25, 0.3) is 0 Å². The van der Waals surface area contributed by atoms with Crippen LogP contribution in [0.1, 0.15) is 18.9 Å². The number of amidine groups is 2. The van der Waals surface area contributed by atoms with E-state index in [1.165, 1.54) is 0 Å². The highest BCUT2D eigenvalue weighted by molar-refractivity contribution is 6.69. The number of aliphatic imine (C=N–C) groups is 3. The number of nitrogens with zero attached hydrogens (tertiary/aromatic N) is 6. The summed E-state index contributed by atoms with van der Waals surface area (Å²) in [7, 11) is 2.30. The molecular weight excluding hydrogens is 408 g/mol. The molecule has 2 aliphatic rings. The molecule has 0 bridgehead atoms. The van der Waals surface area contributed by atoms with Crippen LogP contribution in [0.15, 0.2) is 48.6 Å². The van der Waals surface area contributed by atoms with Crippen molar-refractivity contribution in [3.63, 3.8) is 0 Å². The van der Waals surface area contributed by atoms with E-state index in [-0.39, 0.29) is 17.4 Å². The number of carbonyl (C=O) groups is 3. The molecule has 0 radical (unpaired) electrons. The first-order chi connectivity index (χ1) is 15.0. The number of benzene rings is 1. The van der Waals surface area contributed by atoms with Gasteiger partial charge in [0.2, 0.25) is 11.5 Å². The Bertz CT molecular complexity index is 1060. The van der Waals surface area contributed by atoms with Gasteiger partial charge in [-0.25, -0.2) is 4.99 Å². The second kappa shape index (κ2) is 9.61. The molecule has 0 fully saturated rings. The van der Waals surface area contributed by atoms with Crippen LogP contribution < -0.4 is 4.74 Å². The molecule has 31 heavy (non-hydrogen) atoms. The molecule has 0 saturated heterocycles. The van der Waals surface area contributed by atoms with Crippen molar-refractivity contribution in [2.24, 2.45) is 36.3 Å². The van der Waals surface area contributed by atoms with E-state index in [9.17, 15) is 14.4 Å². The monoisotopic (exact) mass is 426 g/mol. The van der Waals surface area contributed by atoms with Crippen molar-refractivity contribution in [3.05, 3.63) is 23.8 Å². The minimum atomic E-state index is -1.33. The maximum atomic E-state index is 12.2. The van der Waals surface area contributed by atoms with Crippen LogP contribution in [-0.4, -0.2) is 62.3 Å². The fourth-order valence-electron chi connectivity index (χ4n) is 2.55. The molecule has 0 atom stereocenters. The number of methoxy groups -OCH3 is 2. The zero-order valence-electron chi connectivity index (χ0n) is 16.9. The summed E-state index contributed by atoms with van der Waals surface area (Å²) < 4.78 is 14.9. The van der Waals surface area contributed by atoms with Gasteiger partial charge < -0.3 is 14.2 Å². The second-order valence-electron chi connectivity index (χ2n) is 6.15. The Morgan fingerprint density at radius 3 is 2.55 bits per heavy atom. The predicted molar refractivity (Wildman–Crippen MR) is 109 cm³/mol. The van der Waals surface area contributed by atoms with Crippen LogP contribution in [0.3, 0.4) is 0 Å². The first-order valence-corrected chi connectivity index (χ1v) is 9.16. The van der Waals surface area contributed by atoms with Crippen LogP contribution in [0.25, 0.3) is 0 Å². The Morgan fingerprint density at radius 2 is 1.87 bits per heavy atom. The minimum Gasteiger partial charge on any atom is -0.493 e. The summed E-state index contributed by atoms with van der Waals surface area (Å²) in [5.41, 5.74) is 0.685. The molecule has 1 aromatic carbocycles. The number of amides is 1. The zero-order chi connectivity index (χ0) is 22.4. The van der Waals surface area contributed by atoms with Gasteiger partial charge in [0.1, 0.15) is 5.75 Å². The molecule has 3 rings (SSSR count). The summed E-state index contributed by atoms with van der Waals surface area (Å²) in [6, 6.07) is 4.78. The summed E-state index contributed by atoms with van der Waals surface area (Å²) in [5.74, 6) is -3.05. The van der Waals surface area contributed by atoms with Crippen LogP contribution in [0.5, 0.6) is 5.75 Å². The first kappa shape index (κ1) is 21.6. The molecular formula is C19H18N6O6. The Labute approximate surface area is 176 Å². The van der Waals surface area contributed by atoms with E-state index in [1.54, 1.807) is 18.2 Å². The number of ether oxygens (including phenoxy) is 3. The molecule has 12 nitrogen and oxygen atoms in total. The van der Waals surface area contributed by atoms with Gasteiger partial charge in [-0.3, -0.25) is 19.4 Å². The van der Waals surface area contributed by atoms with Crippen molar-refractivity contribution in [2.75, 3.05) is 20.8 Å².